The molecule has 2 aromatic rings. The van der Waals surface area contributed by atoms with E-state index in [1.165, 1.54) is 0 Å². The third kappa shape index (κ3) is 4.22. The number of likely N-dealkylation sites (N-methyl/N-ethyl adjacent to an activating group) is 1. The normalized spacial score (nSPS) is 24.2. The molecule has 1 aromatic heterocycles. The van der Waals surface area contributed by atoms with Crippen LogP contribution >= 0.6 is 0 Å². The van der Waals surface area contributed by atoms with Crippen molar-refractivity contribution >= 4 is 29.2 Å². The molecule has 0 radical (unpaired) electrons. The highest BCUT2D eigenvalue weighted by Crippen LogP contribution is 2.34. The number of carbonyl (C=O) groups excluding carboxylic acids is 1. The second kappa shape index (κ2) is 8.34. The van der Waals surface area contributed by atoms with Gasteiger partial charge in [-0.25, -0.2) is 22.9 Å². The maximum absolute atomic E-state index is 13.7. The number of amides is 2. The molecule has 9 nitrogen and oxygen atoms in total. The molecule has 2 heterocycles. The Balaban J connectivity index is 1.32. The molecule has 2 atom stereocenters. The van der Waals surface area contributed by atoms with Crippen LogP contribution in [-0.2, 0) is 0 Å². The van der Waals surface area contributed by atoms with Crippen LogP contribution in [0.4, 0.5) is 41.1 Å². The highest BCUT2D eigenvalue weighted by Gasteiger charge is 2.33. The third-order valence-electron chi connectivity index (χ3n) is 5.83. The molecule has 0 saturated heterocycles. The van der Waals surface area contributed by atoms with Gasteiger partial charge in [-0.3, -0.25) is 0 Å². The fourth-order valence-electron chi connectivity index (χ4n) is 3.72. The Hall–Kier alpha value is -3.28. The molecule has 1 unspecified atom stereocenters. The monoisotopic (exact) mass is 451 g/mol. The van der Waals surface area contributed by atoms with Crippen LogP contribution in [0.5, 0.6) is 0 Å². The summed E-state index contributed by atoms with van der Waals surface area (Å²) >= 11 is 0. The number of benzene rings is 1. The predicted octanol–water partition coefficient (Wildman–Crippen LogP) is 2.54. The van der Waals surface area contributed by atoms with E-state index < -0.39 is 35.4 Å². The van der Waals surface area contributed by atoms with Crippen molar-refractivity contribution in [2.24, 2.45) is 0 Å². The van der Waals surface area contributed by atoms with Crippen LogP contribution < -0.4 is 26.2 Å². The number of aliphatic hydroxyl groups excluding tert-OH is 1. The van der Waals surface area contributed by atoms with Gasteiger partial charge in [-0.15, -0.1) is 0 Å². The molecule has 1 aromatic carbocycles. The summed E-state index contributed by atoms with van der Waals surface area (Å²) in [6, 6.07) is -0.0684. The van der Waals surface area contributed by atoms with E-state index in [4.69, 9.17) is 0 Å². The first-order valence-corrected chi connectivity index (χ1v) is 10.2. The minimum atomic E-state index is -1.33. The molecular formula is C20H24F3N7O2. The van der Waals surface area contributed by atoms with Gasteiger partial charge in [0.25, 0.3) is 0 Å². The molecule has 1 saturated carbocycles. The van der Waals surface area contributed by atoms with Crippen LogP contribution in [0.25, 0.3) is 0 Å². The molecule has 1 aliphatic carbocycles. The van der Waals surface area contributed by atoms with E-state index >= 15 is 0 Å². The number of halogens is 3. The number of fused-ring (bicyclic) bond motifs is 1. The summed E-state index contributed by atoms with van der Waals surface area (Å²) in [7, 11) is 1.85. The number of anilines is 4. The number of nitrogens with zero attached hydrogens (tertiary/aromatic N) is 3. The van der Waals surface area contributed by atoms with Crippen molar-refractivity contribution in [1.82, 2.24) is 15.3 Å². The first-order valence-electron chi connectivity index (χ1n) is 10.2. The summed E-state index contributed by atoms with van der Waals surface area (Å²) < 4.78 is 39.9. The lowest BCUT2D eigenvalue weighted by atomic mass is 9.87. The summed E-state index contributed by atoms with van der Waals surface area (Å²) in [4.78, 5) is 22.9. The van der Waals surface area contributed by atoms with Crippen LogP contribution in [0, 0.1) is 24.4 Å². The second-order valence-electron chi connectivity index (χ2n) is 8.13. The molecule has 5 N–H and O–H groups in total. The smallest absolute Gasteiger partial charge is 0.319 e. The molecule has 0 spiro atoms. The quantitative estimate of drug-likeness (QED) is 0.454. The van der Waals surface area contributed by atoms with E-state index in [1.54, 1.807) is 0 Å². The number of urea groups is 1. The van der Waals surface area contributed by atoms with Crippen molar-refractivity contribution in [3.05, 3.63) is 35.3 Å². The Morgan fingerprint density at radius 1 is 1.16 bits per heavy atom. The van der Waals surface area contributed by atoms with Crippen molar-refractivity contribution < 1.29 is 23.1 Å². The van der Waals surface area contributed by atoms with Crippen LogP contribution in [0.2, 0.25) is 0 Å². The van der Waals surface area contributed by atoms with E-state index in [2.05, 4.69) is 31.2 Å². The van der Waals surface area contributed by atoms with Gasteiger partial charge in [-0.05, 0) is 26.7 Å². The third-order valence-corrected chi connectivity index (χ3v) is 5.83. The number of aliphatic hydroxyl groups is 1. The van der Waals surface area contributed by atoms with E-state index in [0.717, 1.165) is 0 Å². The van der Waals surface area contributed by atoms with Crippen molar-refractivity contribution in [3.63, 3.8) is 0 Å². The number of aromatic nitrogens is 2. The number of nitrogens with one attached hydrogen (secondary N) is 4. The molecule has 1 aliphatic heterocycles. The number of hydrogen-bond acceptors (Lipinski definition) is 7. The zero-order valence-electron chi connectivity index (χ0n) is 17.7. The fraction of sp³-hybridized carbons (Fsp3) is 0.450. The van der Waals surface area contributed by atoms with Crippen LogP contribution in [0.3, 0.4) is 0 Å². The summed E-state index contributed by atoms with van der Waals surface area (Å²) in [5, 5.41) is 21.2. The van der Waals surface area contributed by atoms with Crippen LogP contribution in [0.15, 0.2) is 12.1 Å². The topological polar surface area (TPSA) is 114 Å². The molecule has 172 valence electrons. The lowest BCUT2D eigenvalue weighted by Gasteiger charge is -2.39. The number of carbonyl (C=O) groups is 1. The van der Waals surface area contributed by atoms with Gasteiger partial charge in [-0.2, -0.15) is 4.98 Å². The second-order valence-corrected chi connectivity index (χ2v) is 8.13. The van der Waals surface area contributed by atoms with Crippen molar-refractivity contribution in [1.29, 1.82) is 0 Å². The van der Waals surface area contributed by atoms with Crippen molar-refractivity contribution in [3.8, 4) is 0 Å². The van der Waals surface area contributed by atoms with Gasteiger partial charge in [0.2, 0.25) is 5.95 Å². The van der Waals surface area contributed by atoms with Crippen LogP contribution in [0.1, 0.15) is 25.5 Å². The number of rotatable bonds is 4. The first kappa shape index (κ1) is 21.9. The van der Waals surface area contributed by atoms with Gasteiger partial charge >= 0.3 is 6.03 Å². The zero-order chi connectivity index (χ0) is 23.2. The standard InChI is InChI=1S/C20H24F3N7O2/c1-8-16-17(30(3)9(2)18(31)28-16)29-19(24-8)25-10-4-11(5-10)26-20(32)27-15-7-13(22)12(21)6-14(15)23/h6-7,9-11,18,28,31H,4-5H2,1-3H3,(H,24,25,29)(H2,26,27,32)/t9-,10-,11-,18?/m0/s1. The van der Waals surface area contributed by atoms with Gasteiger partial charge in [-0.1, -0.05) is 0 Å². The minimum absolute atomic E-state index is 0.0163. The lowest BCUT2D eigenvalue weighted by Crippen LogP contribution is -2.51. The van der Waals surface area contributed by atoms with Gasteiger partial charge in [0.15, 0.2) is 17.5 Å². The van der Waals surface area contributed by atoms with E-state index in [0.29, 0.717) is 48.1 Å². The molecule has 32 heavy (non-hydrogen) atoms. The molecule has 4 rings (SSSR count). The van der Waals surface area contributed by atoms with Gasteiger partial charge in [0.1, 0.15) is 17.7 Å². The maximum atomic E-state index is 13.7. The Labute approximate surface area is 182 Å². The summed E-state index contributed by atoms with van der Waals surface area (Å²) in [5.41, 5.74) is 0.931. The average molecular weight is 451 g/mol. The van der Waals surface area contributed by atoms with Crippen molar-refractivity contribution in [2.45, 2.75) is 51.0 Å². The van der Waals surface area contributed by atoms with E-state index in [1.807, 2.05) is 25.8 Å². The Morgan fingerprint density at radius 2 is 1.84 bits per heavy atom. The SMILES string of the molecule is Cc1nc(N[C@H]2C[C@H](NC(=O)Nc3cc(F)c(F)cc3F)C2)nc2c1NC(O)[C@H](C)N2C. The van der Waals surface area contributed by atoms with E-state index in [9.17, 15) is 23.1 Å². The predicted molar refractivity (Wildman–Crippen MR) is 113 cm³/mol. The minimum Gasteiger partial charge on any atom is -0.372 e. The fourth-order valence-corrected chi connectivity index (χ4v) is 3.72. The van der Waals surface area contributed by atoms with Gasteiger partial charge in [0.05, 0.1) is 17.4 Å². The molecule has 0 bridgehead atoms. The number of hydrogen-bond donors (Lipinski definition) is 5. The first-order chi connectivity index (χ1) is 15.1. The lowest BCUT2D eigenvalue weighted by molar-refractivity contribution is 0.172. The number of aryl methyl sites for hydroxylation is 1. The largest absolute Gasteiger partial charge is 0.372 e. The Morgan fingerprint density at radius 3 is 2.56 bits per heavy atom. The molecule has 2 aliphatic rings. The summed E-state index contributed by atoms with van der Waals surface area (Å²) in [6.07, 6.45) is 0.435. The molecular weight excluding hydrogens is 427 g/mol. The van der Waals surface area contributed by atoms with Crippen LogP contribution in [-0.4, -0.2) is 52.5 Å². The zero-order valence-corrected chi connectivity index (χ0v) is 17.7. The van der Waals surface area contributed by atoms with Crippen molar-refractivity contribution in [2.75, 3.05) is 27.9 Å². The molecule has 2 amide bonds. The summed E-state index contributed by atoms with van der Waals surface area (Å²) in [5.74, 6) is -2.52. The maximum Gasteiger partial charge on any atom is 0.319 e. The van der Waals surface area contributed by atoms with Gasteiger partial charge in [0, 0.05) is 31.3 Å². The molecule has 1 fully saturated rings. The molecule has 12 heteroatoms. The van der Waals surface area contributed by atoms with Gasteiger partial charge < -0.3 is 31.3 Å². The summed E-state index contributed by atoms with van der Waals surface area (Å²) in [6.45, 7) is 3.70. The Kier molecular flexibility index (Phi) is 5.71. The Bertz CT molecular complexity index is 1050. The van der Waals surface area contributed by atoms with E-state index in [-0.39, 0.29) is 18.1 Å². The highest BCUT2D eigenvalue weighted by atomic mass is 19.2. The average Bonchev–Trinajstić information content (AvgIpc) is 2.69. The highest BCUT2D eigenvalue weighted by molar-refractivity contribution is 5.89.